The lowest BCUT2D eigenvalue weighted by molar-refractivity contribution is -0.126. The molecule has 2 aromatic carbocycles. The fraction of sp³-hybridized carbons (Fsp3) is 0.350. The van der Waals surface area contributed by atoms with Gasteiger partial charge in [0.25, 0.3) is 0 Å². The number of hydrogen-bond donors (Lipinski definition) is 2. The van der Waals surface area contributed by atoms with Crippen LogP contribution in [0.5, 0.6) is 0 Å². The molecule has 0 aromatic heterocycles. The van der Waals surface area contributed by atoms with Gasteiger partial charge < -0.3 is 16.0 Å². The molecule has 1 aliphatic rings. The maximum atomic E-state index is 12.3. The van der Waals surface area contributed by atoms with Gasteiger partial charge in [-0.15, -0.1) is 0 Å². The molecule has 1 aliphatic heterocycles. The number of benzene rings is 2. The molecule has 0 spiro atoms. The van der Waals surface area contributed by atoms with Gasteiger partial charge in [-0.3, -0.25) is 14.5 Å². The van der Waals surface area contributed by atoms with E-state index in [1.165, 1.54) is 9.80 Å². The van der Waals surface area contributed by atoms with Gasteiger partial charge in [-0.2, -0.15) is 0 Å². The van der Waals surface area contributed by atoms with Crippen LogP contribution in [0.3, 0.4) is 0 Å². The summed E-state index contributed by atoms with van der Waals surface area (Å²) in [5, 5.41) is 5.17. The fourth-order valence-corrected chi connectivity index (χ4v) is 3.26. The smallest absolute Gasteiger partial charge is 0.326 e. The van der Waals surface area contributed by atoms with Gasteiger partial charge in [-0.1, -0.05) is 36.4 Å². The van der Waals surface area contributed by atoms with Crippen LogP contribution in [0.25, 0.3) is 10.8 Å². The second kappa shape index (κ2) is 8.18. The Balaban J connectivity index is 1.55. The summed E-state index contributed by atoms with van der Waals surface area (Å²) in [5.41, 5.74) is 6.81. The van der Waals surface area contributed by atoms with E-state index in [2.05, 4.69) is 5.32 Å². The SMILES string of the molecule is CN1CC(=O)N(CCCC(=O)NC(CN)c2ccc3ccccc3c2)C1=O. The maximum Gasteiger partial charge on any atom is 0.326 e. The Morgan fingerprint density at radius 1 is 1.19 bits per heavy atom. The molecule has 0 bridgehead atoms. The lowest BCUT2D eigenvalue weighted by Crippen LogP contribution is -2.35. The van der Waals surface area contributed by atoms with Crippen molar-refractivity contribution in [3.05, 3.63) is 48.0 Å². The van der Waals surface area contributed by atoms with Crippen LogP contribution in [0.2, 0.25) is 0 Å². The van der Waals surface area contributed by atoms with E-state index in [9.17, 15) is 14.4 Å². The summed E-state index contributed by atoms with van der Waals surface area (Å²) >= 11 is 0. The number of imide groups is 1. The first-order valence-electron chi connectivity index (χ1n) is 9.03. The first-order chi connectivity index (χ1) is 13.0. The third-order valence-electron chi connectivity index (χ3n) is 4.76. The summed E-state index contributed by atoms with van der Waals surface area (Å²) in [6.45, 7) is 0.638. The summed E-state index contributed by atoms with van der Waals surface area (Å²) in [6, 6.07) is 13.4. The minimum Gasteiger partial charge on any atom is -0.348 e. The molecule has 1 unspecified atom stereocenters. The van der Waals surface area contributed by atoms with Crippen molar-refractivity contribution in [1.82, 2.24) is 15.1 Å². The van der Waals surface area contributed by atoms with Crippen molar-refractivity contribution in [2.75, 3.05) is 26.7 Å². The van der Waals surface area contributed by atoms with Gasteiger partial charge in [-0.05, 0) is 28.8 Å². The van der Waals surface area contributed by atoms with E-state index >= 15 is 0 Å². The van der Waals surface area contributed by atoms with Crippen molar-refractivity contribution in [1.29, 1.82) is 0 Å². The fourth-order valence-electron chi connectivity index (χ4n) is 3.26. The van der Waals surface area contributed by atoms with Crippen LogP contribution in [0, 0.1) is 0 Å². The molecule has 0 radical (unpaired) electrons. The zero-order chi connectivity index (χ0) is 19.4. The van der Waals surface area contributed by atoms with E-state index < -0.39 is 0 Å². The molecule has 0 aliphatic carbocycles. The van der Waals surface area contributed by atoms with Gasteiger partial charge in [0.2, 0.25) is 11.8 Å². The van der Waals surface area contributed by atoms with E-state index in [0.717, 1.165) is 16.3 Å². The van der Waals surface area contributed by atoms with Gasteiger partial charge in [0.05, 0.1) is 6.04 Å². The third-order valence-corrected chi connectivity index (χ3v) is 4.76. The van der Waals surface area contributed by atoms with Crippen molar-refractivity contribution < 1.29 is 14.4 Å². The van der Waals surface area contributed by atoms with Crippen LogP contribution >= 0.6 is 0 Å². The van der Waals surface area contributed by atoms with E-state index in [-0.39, 0.29) is 49.9 Å². The van der Waals surface area contributed by atoms with Crippen molar-refractivity contribution in [3.8, 4) is 0 Å². The quantitative estimate of drug-likeness (QED) is 0.726. The lowest BCUT2D eigenvalue weighted by atomic mass is 10.0. The van der Waals surface area contributed by atoms with Gasteiger partial charge in [-0.25, -0.2) is 4.79 Å². The average molecular weight is 368 g/mol. The molecule has 1 heterocycles. The summed E-state index contributed by atoms with van der Waals surface area (Å²) in [4.78, 5) is 38.4. The summed E-state index contributed by atoms with van der Waals surface area (Å²) < 4.78 is 0. The number of fused-ring (bicyclic) bond motifs is 1. The Morgan fingerprint density at radius 2 is 1.93 bits per heavy atom. The molecule has 7 nitrogen and oxygen atoms in total. The molecule has 1 atom stereocenters. The zero-order valence-corrected chi connectivity index (χ0v) is 15.4. The number of nitrogens with one attached hydrogen (secondary N) is 1. The monoisotopic (exact) mass is 368 g/mol. The number of carbonyl (C=O) groups is 3. The second-order valence-corrected chi connectivity index (χ2v) is 6.75. The lowest BCUT2D eigenvalue weighted by Gasteiger charge is -2.19. The normalized spacial score (nSPS) is 15.5. The topological polar surface area (TPSA) is 95.7 Å². The number of hydrogen-bond acceptors (Lipinski definition) is 4. The zero-order valence-electron chi connectivity index (χ0n) is 15.4. The number of nitrogens with two attached hydrogens (primary N) is 1. The van der Waals surface area contributed by atoms with E-state index in [4.69, 9.17) is 5.73 Å². The molecule has 1 fully saturated rings. The highest BCUT2D eigenvalue weighted by Gasteiger charge is 2.32. The molecule has 27 heavy (non-hydrogen) atoms. The number of carbonyl (C=O) groups excluding carboxylic acids is 3. The van der Waals surface area contributed by atoms with E-state index in [0.29, 0.717) is 6.42 Å². The Bertz CT molecular complexity index is 867. The highest BCUT2D eigenvalue weighted by atomic mass is 16.2. The minimum absolute atomic E-state index is 0.0994. The highest BCUT2D eigenvalue weighted by Crippen LogP contribution is 2.20. The Hall–Kier alpha value is -2.93. The van der Waals surface area contributed by atoms with Crippen molar-refractivity contribution in [2.45, 2.75) is 18.9 Å². The van der Waals surface area contributed by atoms with Crippen LogP contribution in [-0.4, -0.2) is 54.3 Å². The molecular formula is C20H24N4O3. The molecule has 3 rings (SSSR count). The Labute approximate surface area is 158 Å². The highest BCUT2D eigenvalue weighted by molar-refractivity contribution is 6.01. The molecule has 4 amide bonds. The van der Waals surface area contributed by atoms with Gasteiger partial charge >= 0.3 is 6.03 Å². The summed E-state index contributed by atoms with van der Waals surface area (Å²) in [7, 11) is 1.59. The Morgan fingerprint density at radius 3 is 2.59 bits per heavy atom. The molecule has 1 saturated heterocycles. The number of urea groups is 1. The van der Waals surface area contributed by atoms with Crippen LogP contribution < -0.4 is 11.1 Å². The van der Waals surface area contributed by atoms with Gasteiger partial charge in [0.15, 0.2) is 0 Å². The molecule has 2 aromatic rings. The summed E-state index contributed by atoms with van der Waals surface area (Å²) in [5.74, 6) is -0.370. The standard InChI is InChI=1S/C20H24N4O3/c1-23-13-19(26)24(20(23)27)10-4-7-18(25)22-17(12-21)16-9-8-14-5-2-3-6-15(14)11-16/h2-3,5-6,8-9,11,17H,4,7,10,12-13,21H2,1H3,(H,22,25). The molecule has 3 N–H and O–H groups in total. The largest absolute Gasteiger partial charge is 0.348 e. The molecule has 7 heteroatoms. The van der Waals surface area contributed by atoms with E-state index in [1.807, 2.05) is 42.5 Å². The molecule has 142 valence electrons. The number of likely N-dealkylation sites (N-methyl/N-ethyl adjacent to an activating group) is 1. The van der Waals surface area contributed by atoms with E-state index in [1.54, 1.807) is 7.05 Å². The third kappa shape index (κ3) is 4.25. The first-order valence-corrected chi connectivity index (χ1v) is 9.03. The molecular weight excluding hydrogens is 344 g/mol. The van der Waals surface area contributed by atoms with Crippen LogP contribution in [0.15, 0.2) is 42.5 Å². The van der Waals surface area contributed by atoms with Crippen molar-refractivity contribution in [3.63, 3.8) is 0 Å². The Kier molecular flexibility index (Phi) is 5.71. The van der Waals surface area contributed by atoms with Crippen molar-refractivity contribution in [2.24, 2.45) is 5.73 Å². The van der Waals surface area contributed by atoms with Gasteiger partial charge in [0, 0.05) is 26.6 Å². The first kappa shape index (κ1) is 18.8. The average Bonchev–Trinajstić information content (AvgIpc) is 2.91. The maximum absolute atomic E-state index is 12.3. The van der Waals surface area contributed by atoms with Crippen LogP contribution in [0.4, 0.5) is 4.79 Å². The molecule has 0 saturated carbocycles. The van der Waals surface area contributed by atoms with Crippen LogP contribution in [-0.2, 0) is 9.59 Å². The summed E-state index contributed by atoms with van der Waals surface area (Å²) in [6.07, 6.45) is 0.650. The number of rotatable bonds is 7. The predicted octanol–water partition coefficient (Wildman–Crippen LogP) is 1.63. The minimum atomic E-state index is -0.309. The van der Waals surface area contributed by atoms with Crippen molar-refractivity contribution >= 4 is 28.6 Å². The predicted molar refractivity (Wildman–Crippen MR) is 103 cm³/mol. The van der Waals surface area contributed by atoms with Gasteiger partial charge in [0.1, 0.15) is 6.54 Å². The number of amides is 4. The number of nitrogens with zero attached hydrogens (tertiary/aromatic N) is 2. The second-order valence-electron chi connectivity index (χ2n) is 6.75. The van der Waals surface area contributed by atoms with Crippen LogP contribution in [0.1, 0.15) is 24.4 Å².